The summed E-state index contributed by atoms with van der Waals surface area (Å²) in [6.45, 7) is 0.911. The summed E-state index contributed by atoms with van der Waals surface area (Å²) in [6.07, 6.45) is 3.29. The van der Waals surface area contributed by atoms with Crippen molar-refractivity contribution in [1.82, 2.24) is 4.90 Å². The molecule has 0 amide bonds. The molecule has 0 radical (unpaired) electrons. The van der Waals surface area contributed by atoms with Crippen LogP contribution < -0.4 is 0 Å². The summed E-state index contributed by atoms with van der Waals surface area (Å²) in [5.74, 6) is 0.406. The molecule has 0 heterocycles. The molecule has 2 nitrogen and oxygen atoms in total. The zero-order valence-electron chi connectivity index (χ0n) is 14.2. The lowest BCUT2D eigenvalue weighted by Crippen LogP contribution is -2.47. The third-order valence-electron chi connectivity index (χ3n) is 5.22. The first-order valence-electron chi connectivity index (χ1n) is 8.60. The Morgan fingerprint density at radius 1 is 0.957 bits per heavy atom. The predicted molar refractivity (Wildman–Crippen MR) is 95.4 cm³/mol. The SMILES string of the molecule is CN(C)C[C@@H]1CCC[C@@H](c2ccccc2)[C@@]1(O)c1ccccc1. The molecule has 2 heteroatoms. The first kappa shape index (κ1) is 16.2. The number of hydrogen-bond donors (Lipinski definition) is 1. The molecule has 1 aliphatic carbocycles. The zero-order valence-corrected chi connectivity index (χ0v) is 14.2. The van der Waals surface area contributed by atoms with Crippen LogP contribution in [-0.4, -0.2) is 30.6 Å². The summed E-state index contributed by atoms with van der Waals surface area (Å²) < 4.78 is 0. The molecular formula is C21H27NO. The van der Waals surface area contributed by atoms with Gasteiger partial charge in [0.25, 0.3) is 0 Å². The molecule has 0 bridgehead atoms. The van der Waals surface area contributed by atoms with E-state index in [-0.39, 0.29) is 11.8 Å². The average Bonchev–Trinajstić information content (AvgIpc) is 2.58. The fourth-order valence-corrected chi connectivity index (χ4v) is 4.21. The molecule has 0 spiro atoms. The molecule has 3 atom stereocenters. The number of hydrogen-bond acceptors (Lipinski definition) is 2. The van der Waals surface area contributed by atoms with E-state index in [1.165, 1.54) is 12.0 Å². The topological polar surface area (TPSA) is 23.5 Å². The van der Waals surface area contributed by atoms with E-state index in [1.54, 1.807) is 0 Å². The van der Waals surface area contributed by atoms with Crippen molar-refractivity contribution in [1.29, 1.82) is 0 Å². The molecule has 1 saturated carbocycles. The molecular weight excluding hydrogens is 282 g/mol. The first-order chi connectivity index (χ1) is 11.1. The van der Waals surface area contributed by atoms with Crippen LogP contribution in [0.4, 0.5) is 0 Å². The van der Waals surface area contributed by atoms with Crippen LogP contribution in [0.1, 0.15) is 36.3 Å². The van der Waals surface area contributed by atoms with Crippen molar-refractivity contribution < 1.29 is 5.11 Å². The Morgan fingerprint density at radius 3 is 2.17 bits per heavy atom. The third-order valence-corrected chi connectivity index (χ3v) is 5.22. The minimum absolute atomic E-state index is 0.157. The Hall–Kier alpha value is -1.64. The minimum Gasteiger partial charge on any atom is -0.384 e. The van der Waals surface area contributed by atoms with E-state index in [9.17, 15) is 5.11 Å². The van der Waals surface area contributed by atoms with E-state index in [4.69, 9.17) is 0 Å². The van der Waals surface area contributed by atoms with Gasteiger partial charge in [-0.05, 0) is 38.1 Å². The van der Waals surface area contributed by atoms with Gasteiger partial charge < -0.3 is 10.0 Å². The van der Waals surface area contributed by atoms with E-state index in [0.717, 1.165) is 24.9 Å². The van der Waals surface area contributed by atoms with Gasteiger partial charge in [-0.3, -0.25) is 0 Å². The van der Waals surface area contributed by atoms with Crippen molar-refractivity contribution in [3.63, 3.8) is 0 Å². The lowest BCUT2D eigenvalue weighted by atomic mass is 9.63. The van der Waals surface area contributed by atoms with E-state index in [0.29, 0.717) is 0 Å². The maximum absolute atomic E-state index is 11.9. The smallest absolute Gasteiger partial charge is 0.100 e. The molecule has 1 fully saturated rings. The highest BCUT2D eigenvalue weighted by Crippen LogP contribution is 2.50. The van der Waals surface area contributed by atoms with Gasteiger partial charge in [-0.1, -0.05) is 67.1 Å². The maximum Gasteiger partial charge on any atom is 0.100 e. The number of nitrogens with zero attached hydrogens (tertiary/aromatic N) is 1. The molecule has 0 saturated heterocycles. The second-order valence-electron chi connectivity index (χ2n) is 7.04. The Balaban J connectivity index is 2.06. The van der Waals surface area contributed by atoms with E-state index in [2.05, 4.69) is 55.4 Å². The van der Waals surface area contributed by atoms with Gasteiger partial charge in [-0.15, -0.1) is 0 Å². The van der Waals surface area contributed by atoms with Crippen LogP contribution in [0.3, 0.4) is 0 Å². The monoisotopic (exact) mass is 309 g/mol. The third kappa shape index (κ3) is 3.19. The second kappa shape index (κ2) is 6.86. The number of benzene rings is 2. The minimum atomic E-state index is -0.800. The van der Waals surface area contributed by atoms with Crippen LogP contribution in [0.15, 0.2) is 60.7 Å². The summed E-state index contributed by atoms with van der Waals surface area (Å²) >= 11 is 0. The van der Waals surface area contributed by atoms with Crippen LogP contribution in [0.2, 0.25) is 0 Å². The van der Waals surface area contributed by atoms with Gasteiger partial charge >= 0.3 is 0 Å². The van der Waals surface area contributed by atoms with Crippen molar-refractivity contribution in [3.8, 4) is 0 Å². The van der Waals surface area contributed by atoms with Gasteiger partial charge in [0, 0.05) is 18.4 Å². The molecule has 0 unspecified atom stereocenters. The molecule has 122 valence electrons. The fourth-order valence-electron chi connectivity index (χ4n) is 4.21. The normalized spacial score (nSPS) is 28.0. The zero-order chi connectivity index (χ0) is 16.3. The predicted octanol–water partition coefficient (Wildman–Crippen LogP) is 4.02. The summed E-state index contributed by atoms with van der Waals surface area (Å²) in [4.78, 5) is 2.20. The standard InChI is InChI=1S/C21H27NO/c1-22(2)16-19-14-9-15-20(17-10-5-3-6-11-17)21(19,23)18-12-7-4-8-13-18/h3-8,10-13,19-20,23H,9,14-16H2,1-2H3/t19-,20-,21+/m0/s1. The van der Waals surface area contributed by atoms with E-state index < -0.39 is 5.60 Å². The van der Waals surface area contributed by atoms with E-state index >= 15 is 0 Å². The van der Waals surface area contributed by atoms with Crippen LogP contribution >= 0.6 is 0 Å². The lowest BCUT2D eigenvalue weighted by molar-refractivity contribution is -0.0803. The fraction of sp³-hybridized carbons (Fsp3) is 0.429. The van der Waals surface area contributed by atoms with Gasteiger partial charge in [-0.2, -0.15) is 0 Å². The average molecular weight is 309 g/mol. The number of aliphatic hydroxyl groups is 1. The quantitative estimate of drug-likeness (QED) is 0.922. The second-order valence-corrected chi connectivity index (χ2v) is 7.04. The summed E-state index contributed by atoms with van der Waals surface area (Å²) in [6, 6.07) is 20.8. The maximum atomic E-state index is 11.9. The van der Waals surface area contributed by atoms with Crippen molar-refractivity contribution in [2.45, 2.75) is 30.8 Å². The number of rotatable bonds is 4. The largest absolute Gasteiger partial charge is 0.384 e. The molecule has 2 aromatic carbocycles. The summed E-state index contributed by atoms with van der Waals surface area (Å²) in [5, 5.41) is 11.9. The van der Waals surface area contributed by atoms with Crippen molar-refractivity contribution in [3.05, 3.63) is 71.8 Å². The van der Waals surface area contributed by atoms with Crippen molar-refractivity contribution >= 4 is 0 Å². The highest BCUT2D eigenvalue weighted by molar-refractivity contribution is 5.33. The van der Waals surface area contributed by atoms with Crippen molar-refractivity contribution in [2.75, 3.05) is 20.6 Å². The molecule has 1 N–H and O–H groups in total. The molecule has 3 rings (SSSR count). The first-order valence-corrected chi connectivity index (χ1v) is 8.60. The highest BCUT2D eigenvalue weighted by atomic mass is 16.3. The Kier molecular flexibility index (Phi) is 4.84. The van der Waals surface area contributed by atoms with Crippen molar-refractivity contribution in [2.24, 2.45) is 5.92 Å². The van der Waals surface area contributed by atoms with Crippen LogP contribution in [0, 0.1) is 5.92 Å². The van der Waals surface area contributed by atoms with E-state index in [1.807, 2.05) is 24.3 Å². The Labute approximate surface area is 139 Å². The van der Waals surface area contributed by atoms with Crippen LogP contribution in [0.25, 0.3) is 0 Å². The lowest BCUT2D eigenvalue weighted by Gasteiger charge is -2.47. The van der Waals surface area contributed by atoms with Gasteiger partial charge in [0.15, 0.2) is 0 Å². The summed E-state index contributed by atoms with van der Waals surface area (Å²) in [5.41, 5.74) is 1.51. The van der Waals surface area contributed by atoms with Gasteiger partial charge in [0.05, 0.1) is 0 Å². The molecule has 0 aliphatic heterocycles. The van der Waals surface area contributed by atoms with Gasteiger partial charge in [0.2, 0.25) is 0 Å². The van der Waals surface area contributed by atoms with Gasteiger partial charge in [-0.25, -0.2) is 0 Å². The summed E-state index contributed by atoms with van der Waals surface area (Å²) in [7, 11) is 4.19. The Morgan fingerprint density at radius 2 is 1.57 bits per heavy atom. The molecule has 1 aliphatic rings. The highest BCUT2D eigenvalue weighted by Gasteiger charge is 2.47. The Bertz CT molecular complexity index is 610. The molecule has 2 aromatic rings. The van der Waals surface area contributed by atoms with Gasteiger partial charge in [0.1, 0.15) is 5.60 Å². The van der Waals surface area contributed by atoms with Crippen LogP contribution in [-0.2, 0) is 5.60 Å². The van der Waals surface area contributed by atoms with Crippen LogP contribution in [0.5, 0.6) is 0 Å². The molecule has 23 heavy (non-hydrogen) atoms. The molecule has 0 aromatic heterocycles.